The van der Waals surface area contributed by atoms with Crippen LogP contribution in [0.4, 0.5) is 5.69 Å². The number of fused-ring (bicyclic) bond motifs is 1. The maximum absolute atomic E-state index is 4.69. The second-order valence-corrected chi connectivity index (χ2v) is 5.80. The molecule has 0 fully saturated rings. The molecule has 0 saturated heterocycles. The Kier molecular flexibility index (Phi) is 6.44. The Hall–Kier alpha value is -2.86. The number of hydrogen-bond donors (Lipinski definition) is 0. The molecule has 0 amide bonds. The first-order valence-electron chi connectivity index (χ1n) is 8.43. The van der Waals surface area contributed by atoms with Crippen LogP contribution in [0, 0.1) is 12.1 Å². The van der Waals surface area contributed by atoms with Crippen molar-refractivity contribution in [3.8, 4) is 0 Å². The van der Waals surface area contributed by atoms with Crippen LogP contribution in [-0.4, -0.2) is 11.2 Å². The van der Waals surface area contributed by atoms with Gasteiger partial charge in [0.15, 0.2) is 0 Å². The molecule has 0 aliphatic rings. The van der Waals surface area contributed by atoms with E-state index in [0.717, 1.165) is 33.3 Å². The van der Waals surface area contributed by atoms with Crippen LogP contribution in [0.15, 0.2) is 90.1 Å². The van der Waals surface area contributed by atoms with Gasteiger partial charge >= 0.3 is 20.4 Å². The second kappa shape index (κ2) is 9.19. The standard InChI is InChI=1S/C24H16N2.Pd/c1-2-8-19(9-3-1)18-26-23-14-7-12-20-10-6-11-21(24(20)23)15-16-22-13-4-5-17-25-22;/h1-8,10-14,16-18H;/q-2;+2. The van der Waals surface area contributed by atoms with Crippen molar-refractivity contribution in [1.82, 2.24) is 4.98 Å². The zero-order valence-electron chi connectivity index (χ0n) is 14.4. The first-order chi connectivity index (χ1) is 12.9. The Balaban J connectivity index is 0.00000210. The Labute approximate surface area is 173 Å². The van der Waals surface area contributed by atoms with Gasteiger partial charge < -0.3 is 9.98 Å². The molecule has 0 radical (unpaired) electrons. The van der Waals surface area contributed by atoms with Crippen molar-refractivity contribution in [3.63, 3.8) is 0 Å². The summed E-state index contributed by atoms with van der Waals surface area (Å²) < 4.78 is 0. The van der Waals surface area contributed by atoms with Gasteiger partial charge in [0.05, 0.1) is 0 Å². The Bertz CT molecular complexity index is 987. The molecule has 0 aliphatic carbocycles. The molecular weight excluding hydrogens is 423 g/mol. The summed E-state index contributed by atoms with van der Waals surface area (Å²) in [7, 11) is 0. The number of hydrogen-bond acceptors (Lipinski definition) is 2. The van der Waals surface area contributed by atoms with Crippen molar-refractivity contribution in [2.75, 3.05) is 0 Å². The van der Waals surface area contributed by atoms with E-state index in [4.69, 9.17) is 4.99 Å². The summed E-state index contributed by atoms with van der Waals surface area (Å²) >= 11 is 0. The molecule has 4 rings (SSSR count). The minimum absolute atomic E-state index is 0. The molecule has 0 N–H and O–H groups in total. The van der Waals surface area contributed by atoms with Crippen molar-refractivity contribution in [2.45, 2.75) is 0 Å². The van der Waals surface area contributed by atoms with Crippen LogP contribution in [0.3, 0.4) is 0 Å². The topological polar surface area (TPSA) is 25.2 Å². The van der Waals surface area contributed by atoms with Gasteiger partial charge in [-0.05, 0) is 24.0 Å². The fourth-order valence-electron chi connectivity index (χ4n) is 2.79. The van der Waals surface area contributed by atoms with Crippen molar-refractivity contribution in [1.29, 1.82) is 0 Å². The molecule has 2 nitrogen and oxygen atoms in total. The van der Waals surface area contributed by atoms with Crippen LogP contribution < -0.4 is 0 Å². The number of aromatic nitrogens is 1. The molecule has 4 aromatic rings. The van der Waals surface area contributed by atoms with E-state index < -0.39 is 0 Å². The van der Waals surface area contributed by atoms with Gasteiger partial charge in [-0.1, -0.05) is 41.1 Å². The van der Waals surface area contributed by atoms with Crippen LogP contribution in [0.1, 0.15) is 16.8 Å². The Morgan fingerprint density at radius 3 is 2.52 bits per heavy atom. The Morgan fingerprint density at radius 1 is 0.889 bits per heavy atom. The average Bonchev–Trinajstić information content (AvgIpc) is 2.72. The van der Waals surface area contributed by atoms with E-state index in [2.05, 4.69) is 35.3 Å². The molecule has 0 saturated carbocycles. The molecule has 3 heteroatoms. The summed E-state index contributed by atoms with van der Waals surface area (Å²) in [5, 5.41) is 2.21. The molecule has 0 aliphatic heterocycles. The molecule has 27 heavy (non-hydrogen) atoms. The minimum atomic E-state index is 0. The van der Waals surface area contributed by atoms with Crippen molar-refractivity contribution < 1.29 is 20.4 Å². The first-order valence-corrected chi connectivity index (χ1v) is 8.43. The summed E-state index contributed by atoms with van der Waals surface area (Å²) in [5.74, 6) is 0. The fraction of sp³-hybridized carbons (Fsp3) is 0. The van der Waals surface area contributed by atoms with Crippen LogP contribution >= 0.6 is 0 Å². The maximum Gasteiger partial charge on any atom is 2.00 e. The molecule has 0 unspecified atom stereocenters. The Morgan fingerprint density at radius 2 is 1.74 bits per heavy atom. The van der Waals surface area contributed by atoms with E-state index >= 15 is 0 Å². The SMILES string of the molecule is [C-](=Cc1ccccn1)c1cccc2cccc(N=Cc3[c-]cccc3)c12.[Pd+2]. The number of pyridine rings is 1. The number of benzene rings is 3. The molecule has 1 heterocycles. The van der Waals surface area contributed by atoms with E-state index in [-0.39, 0.29) is 20.4 Å². The summed E-state index contributed by atoms with van der Waals surface area (Å²) in [4.78, 5) is 9.02. The predicted octanol–water partition coefficient (Wildman–Crippen LogP) is 5.65. The summed E-state index contributed by atoms with van der Waals surface area (Å²) in [6, 6.07) is 29.1. The average molecular weight is 439 g/mol. The van der Waals surface area contributed by atoms with Crippen LogP contribution in [-0.2, 0) is 20.4 Å². The second-order valence-electron chi connectivity index (χ2n) is 5.80. The van der Waals surface area contributed by atoms with Gasteiger partial charge in [0.1, 0.15) is 0 Å². The van der Waals surface area contributed by atoms with Gasteiger partial charge in [0.2, 0.25) is 0 Å². The van der Waals surface area contributed by atoms with E-state index in [1.165, 1.54) is 0 Å². The molecular formula is C24H16N2Pd. The van der Waals surface area contributed by atoms with Crippen molar-refractivity contribution in [2.24, 2.45) is 4.99 Å². The van der Waals surface area contributed by atoms with Crippen LogP contribution in [0.25, 0.3) is 16.8 Å². The predicted molar refractivity (Wildman–Crippen MR) is 108 cm³/mol. The van der Waals surface area contributed by atoms with Gasteiger partial charge in [0, 0.05) is 11.9 Å². The fourth-order valence-corrected chi connectivity index (χ4v) is 2.79. The van der Waals surface area contributed by atoms with Gasteiger partial charge in [0.25, 0.3) is 0 Å². The third-order valence-corrected chi connectivity index (χ3v) is 4.02. The smallest absolute Gasteiger partial charge is 0.314 e. The normalized spacial score (nSPS) is 11.1. The summed E-state index contributed by atoms with van der Waals surface area (Å²) in [5.41, 5.74) is 3.74. The van der Waals surface area contributed by atoms with Crippen molar-refractivity contribution in [3.05, 3.63) is 114 Å². The molecule has 3 aromatic carbocycles. The molecule has 132 valence electrons. The number of nitrogens with zero attached hydrogens (tertiary/aromatic N) is 2. The maximum atomic E-state index is 4.69. The summed E-state index contributed by atoms with van der Waals surface area (Å²) in [6.45, 7) is 0. The van der Waals surface area contributed by atoms with Gasteiger partial charge in [-0.15, -0.1) is 65.7 Å². The van der Waals surface area contributed by atoms with E-state index in [9.17, 15) is 0 Å². The monoisotopic (exact) mass is 438 g/mol. The minimum Gasteiger partial charge on any atom is -0.314 e. The van der Waals surface area contributed by atoms with Crippen LogP contribution in [0.5, 0.6) is 0 Å². The molecule has 0 bridgehead atoms. The van der Waals surface area contributed by atoms with Gasteiger partial charge in [-0.25, -0.2) is 0 Å². The molecule has 0 atom stereocenters. The molecule has 1 aromatic heterocycles. The van der Waals surface area contributed by atoms with Gasteiger partial charge in [-0.2, -0.15) is 0 Å². The number of rotatable bonds is 4. The third-order valence-electron chi connectivity index (χ3n) is 4.02. The third kappa shape index (κ3) is 4.65. The largest absolute Gasteiger partial charge is 2.00 e. The quantitative estimate of drug-likeness (QED) is 0.230. The van der Waals surface area contributed by atoms with Crippen molar-refractivity contribution >= 4 is 28.8 Å². The van der Waals surface area contributed by atoms with Crippen LogP contribution in [0.2, 0.25) is 0 Å². The zero-order valence-corrected chi connectivity index (χ0v) is 16.0. The first kappa shape index (κ1) is 18.9. The van der Waals surface area contributed by atoms with E-state index in [1.807, 2.05) is 73.0 Å². The van der Waals surface area contributed by atoms with Gasteiger partial charge in [-0.3, -0.25) is 0 Å². The van der Waals surface area contributed by atoms with E-state index in [1.54, 1.807) is 6.20 Å². The molecule has 0 spiro atoms. The summed E-state index contributed by atoms with van der Waals surface area (Å²) in [6.07, 6.45) is 8.90. The zero-order chi connectivity index (χ0) is 17.6. The number of aliphatic imine (C=N–C) groups is 1. The van der Waals surface area contributed by atoms with E-state index in [0.29, 0.717) is 0 Å².